The highest BCUT2D eigenvalue weighted by atomic mass is 32.2. The van der Waals surface area contributed by atoms with Crippen LogP contribution >= 0.6 is 11.8 Å². The van der Waals surface area contributed by atoms with Crippen molar-refractivity contribution in [1.82, 2.24) is 15.3 Å². The van der Waals surface area contributed by atoms with Gasteiger partial charge in [0.05, 0.1) is 5.52 Å². The number of benzene rings is 2. The third-order valence-corrected chi connectivity index (χ3v) is 6.68. The van der Waals surface area contributed by atoms with Gasteiger partial charge in [0.15, 0.2) is 0 Å². The molecule has 30 heavy (non-hydrogen) atoms. The molecule has 1 aromatic heterocycles. The first kappa shape index (κ1) is 20.9. The zero-order valence-corrected chi connectivity index (χ0v) is 18.9. The van der Waals surface area contributed by atoms with Gasteiger partial charge in [0.1, 0.15) is 5.82 Å². The average molecular weight is 422 g/mol. The number of rotatable bonds is 7. The van der Waals surface area contributed by atoms with E-state index in [-0.39, 0.29) is 0 Å². The summed E-state index contributed by atoms with van der Waals surface area (Å²) in [6, 6.07) is 17.9. The van der Waals surface area contributed by atoms with Crippen molar-refractivity contribution in [2.75, 3.05) is 30.6 Å². The number of fused-ring (bicyclic) bond motifs is 1. The summed E-state index contributed by atoms with van der Waals surface area (Å²) in [5, 5.41) is 8.46. The quantitative estimate of drug-likeness (QED) is 0.528. The van der Waals surface area contributed by atoms with E-state index in [9.17, 15) is 0 Å². The second-order valence-electron chi connectivity index (χ2n) is 8.17. The van der Waals surface area contributed by atoms with Crippen molar-refractivity contribution in [3.63, 3.8) is 0 Å². The predicted molar refractivity (Wildman–Crippen MR) is 129 cm³/mol. The lowest BCUT2D eigenvalue weighted by Crippen LogP contribution is -2.37. The van der Waals surface area contributed by atoms with Crippen molar-refractivity contribution in [1.29, 1.82) is 0 Å². The van der Waals surface area contributed by atoms with Crippen LogP contribution in [-0.2, 0) is 6.54 Å². The molecular weight excluding hydrogens is 390 g/mol. The van der Waals surface area contributed by atoms with Gasteiger partial charge in [-0.1, -0.05) is 30.3 Å². The molecule has 3 aromatic rings. The molecule has 0 amide bonds. The molecule has 0 aliphatic heterocycles. The molecule has 4 rings (SSSR count). The lowest BCUT2D eigenvalue weighted by molar-refractivity contribution is 0.351. The second-order valence-corrected chi connectivity index (χ2v) is 9.02. The number of aromatic nitrogens is 2. The van der Waals surface area contributed by atoms with E-state index in [4.69, 9.17) is 9.97 Å². The number of nitrogens with zero attached hydrogens (tertiary/aromatic N) is 3. The molecule has 1 aliphatic carbocycles. The van der Waals surface area contributed by atoms with Gasteiger partial charge in [-0.25, -0.2) is 4.98 Å². The van der Waals surface area contributed by atoms with Crippen molar-refractivity contribution in [3.05, 3.63) is 54.1 Å². The molecule has 158 valence electrons. The molecule has 0 radical (unpaired) electrons. The molecule has 0 spiro atoms. The molecule has 0 unspecified atom stereocenters. The summed E-state index contributed by atoms with van der Waals surface area (Å²) in [6.45, 7) is 0.944. The third kappa shape index (κ3) is 4.87. The van der Waals surface area contributed by atoms with E-state index in [0.29, 0.717) is 12.1 Å². The number of hydrogen-bond acceptors (Lipinski definition) is 6. The van der Waals surface area contributed by atoms with Gasteiger partial charge in [-0.2, -0.15) is 4.98 Å². The Balaban J connectivity index is 1.35. The van der Waals surface area contributed by atoms with Crippen molar-refractivity contribution in [3.8, 4) is 0 Å². The summed E-state index contributed by atoms with van der Waals surface area (Å²) in [4.78, 5) is 13.0. The van der Waals surface area contributed by atoms with Crippen LogP contribution in [0, 0.1) is 0 Å². The number of anilines is 2. The predicted octanol–water partition coefficient (Wildman–Crippen LogP) is 4.93. The van der Waals surface area contributed by atoms with E-state index in [0.717, 1.165) is 42.1 Å². The Bertz CT molecular complexity index is 982. The zero-order chi connectivity index (χ0) is 20.9. The topological polar surface area (TPSA) is 53.1 Å². The summed E-state index contributed by atoms with van der Waals surface area (Å²) >= 11 is 1.82. The lowest BCUT2D eigenvalue weighted by Gasteiger charge is -2.30. The van der Waals surface area contributed by atoms with Crippen LogP contribution in [0.4, 0.5) is 11.8 Å². The Morgan fingerprint density at radius 2 is 1.63 bits per heavy atom. The van der Waals surface area contributed by atoms with Crippen LogP contribution < -0.4 is 15.5 Å². The Hall–Kier alpha value is -2.31. The third-order valence-electron chi connectivity index (χ3n) is 5.84. The highest BCUT2D eigenvalue weighted by Gasteiger charge is 2.22. The fraction of sp³-hybridized carbons (Fsp3) is 0.417. The molecular formula is C24H31N5S. The Kier molecular flexibility index (Phi) is 6.75. The monoisotopic (exact) mass is 421 g/mol. The molecule has 1 aliphatic rings. The van der Waals surface area contributed by atoms with Gasteiger partial charge in [0.2, 0.25) is 5.95 Å². The standard InChI is InChI=1S/C24H31N5S/c1-29(2)23-20-9-5-6-10-21(20)27-24(28-23)26-19-14-12-18(13-15-19)25-16-17-8-4-7-11-22(17)30-3/h4-11,18-19,25H,12-16H2,1-3H3,(H,26,27,28). The Morgan fingerprint density at radius 3 is 2.40 bits per heavy atom. The van der Waals surface area contributed by atoms with Gasteiger partial charge in [-0.05, 0) is 55.7 Å². The van der Waals surface area contributed by atoms with Crippen LogP contribution in [0.15, 0.2) is 53.4 Å². The summed E-state index contributed by atoms with van der Waals surface area (Å²) in [5.41, 5.74) is 2.38. The van der Waals surface area contributed by atoms with E-state index < -0.39 is 0 Å². The van der Waals surface area contributed by atoms with Crippen molar-refractivity contribution >= 4 is 34.4 Å². The zero-order valence-electron chi connectivity index (χ0n) is 18.1. The van der Waals surface area contributed by atoms with Gasteiger partial charge < -0.3 is 15.5 Å². The maximum Gasteiger partial charge on any atom is 0.225 e. The van der Waals surface area contributed by atoms with Gasteiger partial charge in [0.25, 0.3) is 0 Å². The van der Waals surface area contributed by atoms with Gasteiger partial charge in [0, 0.05) is 43.0 Å². The van der Waals surface area contributed by atoms with Gasteiger partial charge >= 0.3 is 0 Å². The maximum atomic E-state index is 4.79. The fourth-order valence-corrected chi connectivity index (χ4v) is 4.81. The number of hydrogen-bond donors (Lipinski definition) is 2. The smallest absolute Gasteiger partial charge is 0.225 e. The van der Waals surface area contributed by atoms with Crippen molar-refractivity contribution < 1.29 is 0 Å². The molecule has 2 N–H and O–H groups in total. The molecule has 1 saturated carbocycles. The number of thioether (sulfide) groups is 1. The lowest BCUT2D eigenvalue weighted by atomic mass is 9.91. The summed E-state index contributed by atoms with van der Waals surface area (Å²) in [5.74, 6) is 1.70. The average Bonchev–Trinajstić information content (AvgIpc) is 2.78. The Morgan fingerprint density at radius 1 is 0.933 bits per heavy atom. The van der Waals surface area contributed by atoms with E-state index in [2.05, 4.69) is 58.2 Å². The second kappa shape index (κ2) is 9.67. The van der Waals surface area contributed by atoms with Crippen LogP contribution in [0.1, 0.15) is 31.2 Å². The highest BCUT2D eigenvalue weighted by Crippen LogP contribution is 2.27. The van der Waals surface area contributed by atoms with E-state index in [1.807, 2.05) is 38.0 Å². The molecule has 5 nitrogen and oxygen atoms in total. The van der Waals surface area contributed by atoms with Crippen LogP contribution in [0.5, 0.6) is 0 Å². The van der Waals surface area contributed by atoms with Gasteiger partial charge in [-0.3, -0.25) is 0 Å². The van der Waals surface area contributed by atoms with Gasteiger partial charge in [-0.15, -0.1) is 11.8 Å². The minimum Gasteiger partial charge on any atom is -0.362 e. The molecule has 1 heterocycles. The number of nitrogens with one attached hydrogen (secondary N) is 2. The van der Waals surface area contributed by atoms with Crippen LogP contribution in [0.3, 0.4) is 0 Å². The normalized spacial score (nSPS) is 19.0. The summed E-state index contributed by atoms with van der Waals surface area (Å²) < 4.78 is 0. The van der Waals surface area contributed by atoms with Crippen molar-refractivity contribution in [2.45, 2.75) is 49.2 Å². The molecule has 0 saturated heterocycles. The maximum absolute atomic E-state index is 4.79. The molecule has 2 aromatic carbocycles. The van der Waals surface area contributed by atoms with E-state index in [1.54, 1.807) is 0 Å². The minimum atomic E-state index is 0.428. The Labute approximate surface area is 183 Å². The summed E-state index contributed by atoms with van der Waals surface area (Å²) in [7, 11) is 4.06. The first-order valence-corrected chi connectivity index (χ1v) is 11.9. The largest absolute Gasteiger partial charge is 0.362 e. The minimum absolute atomic E-state index is 0.428. The fourth-order valence-electron chi connectivity index (χ4n) is 4.19. The van der Waals surface area contributed by atoms with Crippen LogP contribution in [0.2, 0.25) is 0 Å². The van der Waals surface area contributed by atoms with E-state index in [1.165, 1.54) is 23.3 Å². The highest BCUT2D eigenvalue weighted by molar-refractivity contribution is 7.98. The van der Waals surface area contributed by atoms with Crippen LogP contribution in [0.25, 0.3) is 10.9 Å². The van der Waals surface area contributed by atoms with Crippen LogP contribution in [-0.4, -0.2) is 42.4 Å². The first-order valence-electron chi connectivity index (χ1n) is 10.7. The van der Waals surface area contributed by atoms with E-state index >= 15 is 0 Å². The summed E-state index contributed by atoms with van der Waals surface area (Å²) in [6.07, 6.45) is 6.76. The van der Waals surface area contributed by atoms with Crippen molar-refractivity contribution in [2.24, 2.45) is 0 Å². The molecule has 6 heteroatoms. The first-order chi connectivity index (χ1) is 14.6. The number of para-hydroxylation sites is 1. The SMILES string of the molecule is CSc1ccccc1CNC1CCC(Nc2nc(N(C)C)c3ccccc3n2)CC1. The molecule has 0 bridgehead atoms. The molecule has 1 fully saturated rings. The molecule has 0 atom stereocenters.